The molecule has 1 unspecified atom stereocenters. The first-order valence-corrected chi connectivity index (χ1v) is 12.9. The van der Waals surface area contributed by atoms with Crippen LogP contribution in [0, 0.1) is 5.92 Å². The summed E-state index contributed by atoms with van der Waals surface area (Å²) in [5.74, 6) is 1.43. The number of hydrogen-bond donors (Lipinski definition) is 2. The Morgan fingerprint density at radius 2 is 1.97 bits per heavy atom. The third kappa shape index (κ3) is 5.43. The van der Waals surface area contributed by atoms with E-state index >= 15 is 0 Å². The van der Waals surface area contributed by atoms with E-state index in [1.165, 1.54) is 9.47 Å². The number of unbranched alkanes of at least 4 members (excludes halogenated alkanes) is 1. The zero-order valence-electron chi connectivity index (χ0n) is 21.4. The number of rotatable bonds is 9. The molecular formula is C26H37N5O5. The molecule has 3 heterocycles. The second-order valence-electron chi connectivity index (χ2n) is 9.93. The lowest BCUT2D eigenvalue weighted by atomic mass is 10.0. The summed E-state index contributed by atoms with van der Waals surface area (Å²) < 4.78 is 12.8. The highest BCUT2D eigenvalue weighted by molar-refractivity contribution is 5.96. The van der Waals surface area contributed by atoms with Crippen LogP contribution in [0.1, 0.15) is 58.1 Å². The fourth-order valence-electron chi connectivity index (χ4n) is 4.98. The predicted molar refractivity (Wildman–Crippen MR) is 139 cm³/mol. The van der Waals surface area contributed by atoms with Gasteiger partial charge in [-0.05, 0) is 49.4 Å². The summed E-state index contributed by atoms with van der Waals surface area (Å²) in [5.41, 5.74) is 6.29. The first-order chi connectivity index (χ1) is 17.3. The van der Waals surface area contributed by atoms with Crippen molar-refractivity contribution in [3.8, 4) is 11.5 Å². The largest absolute Gasteiger partial charge is 0.486 e. The number of likely N-dealkylation sites (tertiary alicyclic amines) is 1. The van der Waals surface area contributed by atoms with Gasteiger partial charge in [-0.2, -0.15) is 0 Å². The molecule has 36 heavy (non-hydrogen) atoms. The summed E-state index contributed by atoms with van der Waals surface area (Å²) in [6.07, 6.45) is 3.43. The van der Waals surface area contributed by atoms with Gasteiger partial charge in [0.25, 0.3) is 5.56 Å². The van der Waals surface area contributed by atoms with Gasteiger partial charge in [-0.3, -0.25) is 24.0 Å². The molecule has 3 N–H and O–H groups in total. The standard InChI is InChI=1S/C26H37N5O5/c1-4-5-11-30(23-24(27)31(15-17(2)3)26(34)28-25(23)33)22(32)16-29-10-6-7-19(29)18-8-9-20-21(14-18)36-13-12-35-20/h8-9,14,17,19H,4-7,10-13,15-16,27H2,1-3H3,(H,28,33,34). The summed E-state index contributed by atoms with van der Waals surface area (Å²) in [6.45, 7) is 8.61. The minimum absolute atomic E-state index is 0.0340. The summed E-state index contributed by atoms with van der Waals surface area (Å²) in [6, 6.07) is 6.01. The maximum absolute atomic E-state index is 13.7. The number of aromatic nitrogens is 2. The third-order valence-corrected chi connectivity index (χ3v) is 6.72. The number of ether oxygens (including phenoxy) is 2. The second kappa shape index (κ2) is 11.2. The number of aromatic amines is 1. The van der Waals surface area contributed by atoms with Crippen molar-refractivity contribution in [2.75, 3.05) is 43.5 Å². The van der Waals surface area contributed by atoms with Gasteiger partial charge in [0.2, 0.25) is 5.91 Å². The van der Waals surface area contributed by atoms with E-state index in [1.807, 2.05) is 39.0 Å². The van der Waals surface area contributed by atoms with Crippen molar-refractivity contribution in [1.82, 2.24) is 14.5 Å². The molecule has 1 aromatic heterocycles. The lowest BCUT2D eigenvalue weighted by Crippen LogP contribution is -2.45. The average molecular weight is 500 g/mol. The number of benzene rings is 1. The monoisotopic (exact) mass is 499 g/mol. The Kier molecular flexibility index (Phi) is 8.03. The fraction of sp³-hybridized carbons (Fsp3) is 0.577. The van der Waals surface area contributed by atoms with Crippen LogP contribution in [0.2, 0.25) is 0 Å². The number of hydrogen-bond acceptors (Lipinski definition) is 7. The van der Waals surface area contributed by atoms with Crippen molar-refractivity contribution in [2.45, 2.75) is 59.0 Å². The normalized spacial score (nSPS) is 17.5. The first kappa shape index (κ1) is 25.8. The molecule has 0 spiro atoms. The minimum Gasteiger partial charge on any atom is -0.486 e. The quantitative estimate of drug-likeness (QED) is 0.543. The van der Waals surface area contributed by atoms with Gasteiger partial charge in [0.05, 0.1) is 6.54 Å². The second-order valence-corrected chi connectivity index (χ2v) is 9.93. The van der Waals surface area contributed by atoms with Crippen LogP contribution in [0.15, 0.2) is 27.8 Å². The molecule has 1 aromatic carbocycles. The van der Waals surface area contributed by atoms with E-state index in [-0.39, 0.29) is 35.9 Å². The Hall–Kier alpha value is -3.27. The smallest absolute Gasteiger partial charge is 0.330 e. The van der Waals surface area contributed by atoms with Crippen LogP contribution in [-0.4, -0.2) is 53.2 Å². The fourth-order valence-corrected chi connectivity index (χ4v) is 4.98. The van der Waals surface area contributed by atoms with Gasteiger partial charge in [-0.25, -0.2) is 4.79 Å². The van der Waals surface area contributed by atoms with Crippen LogP contribution in [0.3, 0.4) is 0 Å². The van der Waals surface area contributed by atoms with Crippen LogP contribution in [0.25, 0.3) is 0 Å². The molecule has 10 heteroatoms. The molecule has 196 valence electrons. The molecule has 0 saturated carbocycles. The summed E-state index contributed by atoms with van der Waals surface area (Å²) >= 11 is 0. The molecule has 2 aliphatic heterocycles. The number of nitrogen functional groups attached to an aromatic ring is 1. The highest BCUT2D eigenvalue weighted by atomic mass is 16.6. The number of H-pyrrole nitrogens is 1. The molecule has 1 atom stereocenters. The van der Waals surface area contributed by atoms with Crippen LogP contribution in [0.5, 0.6) is 11.5 Å². The van der Waals surface area contributed by atoms with Gasteiger partial charge in [0, 0.05) is 19.1 Å². The van der Waals surface area contributed by atoms with Crippen LogP contribution in [-0.2, 0) is 11.3 Å². The first-order valence-electron chi connectivity index (χ1n) is 12.9. The number of carbonyl (C=O) groups is 1. The SMILES string of the molecule is CCCCN(C(=O)CN1CCCC1c1ccc2c(c1)OCCO2)c1c(N)n(CC(C)C)c(=O)[nH]c1=O. The van der Waals surface area contributed by atoms with Gasteiger partial charge in [0.15, 0.2) is 17.2 Å². The molecule has 0 aliphatic carbocycles. The van der Waals surface area contributed by atoms with E-state index < -0.39 is 11.2 Å². The van der Waals surface area contributed by atoms with E-state index in [4.69, 9.17) is 15.2 Å². The Bertz CT molecular complexity index is 1200. The summed E-state index contributed by atoms with van der Waals surface area (Å²) in [5, 5.41) is 0. The Morgan fingerprint density at radius 3 is 2.69 bits per heavy atom. The topological polar surface area (TPSA) is 123 Å². The lowest BCUT2D eigenvalue weighted by molar-refractivity contribution is -0.120. The van der Waals surface area contributed by atoms with E-state index in [2.05, 4.69) is 9.88 Å². The van der Waals surface area contributed by atoms with Gasteiger partial charge in [-0.1, -0.05) is 33.3 Å². The van der Waals surface area contributed by atoms with Crippen LogP contribution < -0.4 is 31.4 Å². The van der Waals surface area contributed by atoms with Crippen molar-refractivity contribution in [1.29, 1.82) is 0 Å². The van der Waals surface area contributed by atoms with E-state index in [0.717, 1.165) is 42.9 Å². The maximum Gasteiger partial charge on any atom is 0.330 e. The Balaban J connectivity index is 1.61. The van der Waals surface area contributed by atoms with Crippen LogP contribution in [0.4, 0.5) is 11.5 Å². The molecule has 0 bridgehead atoms. The highest BCUT2D eigenvalue weighted by Crippen LogP contribution is 2.38. The molecule has 1 fully saturated rings. The number of anilines is 2. The van der Waals surface area contributed by atoms with Crippen molar-refractivity contribution in [3.05, 3.63) is 44.6 Å². The minimum atomic E-state index is -0.633. The van der Waals surface area contributed by atoms with Gasteiger partial charge < -0.3 is 20.1 Å². The molecule has 1 saturated heterocycles. The van der Waals surface area contributed by atoms with Crippen LogP contribution >= 0.6 is 0 Å². The Morgan fingerprint density at radius 1 is 1.22 bits per heavy atom. The Labute approximate surface area is 211 Å². The summed E-state index contributed by atoms with van der Waals surface area (Å²) in [4.78, 5) is 45.0. The molecular weight excluding hydrogens is 462 g/mol. The maximum atomic E-state index is 13.7. The number of carbonyl (C=O) groups excluding carboxylic acids is 1. The molecule has 2 aliphatic rings. The average Bonchev–Trinajstić information content (AvgIpc) is 3.31. The van der Waals surface area contributed by atoms with Gasteiger partial charge in [0.1, 0.15) is 19.0 Å². The molecule has 0 radical (unpaired) electrons. The third-order valence-electron chi connectivity index (χ3n) is 6.72. The zero-order chi connectivity index (χ0) is 25.8. The molecule has 2 aromatic rings. The lowest BCUT2D eigenvalue weighted by Gasteiger charge is -2.30. The van der Waals surface area contributed by atoms with E-state index in [0.29, 0.717) is 32.7 Å². The van der Waals surface area contributed by atoms with E-state index in [9.17, 15) is 14.4 Å². The zero-order valence-corrected chi connectivity index (χ0v) is 21.4. The van der Waals surface area contributed by atoms with Crippen molar-refractivity contribution >= 4 is 17.4 Å². The van der Waals surface area contributed by atoms with Gasteiger partial charge >= 0.3 is 5.69 Å². The van der Waals surface area contributed by atoms with Crippen molar-refractivity contribution < 1.29 is 14.3 Å². The number of nitrogens with zero attached hydrogens (tertiary/aromatic N) is 3. The summed E-state index contributed by atoms with van der Waals surface area (Å²) in [7, 11) is 0. The predicted octanol–water partition coefficient (Wildman–Crippen LogP) is 2.52. The number of fused-ring (bicyclic) bond motifs is 1. The molecule has 10 nitrogen and oxygen atoms in total. The number of amides is 1. The van der Waals surface area contributed by atoms with Gasteiger partial charge in [-0.15, -0.1) is 0 Å². The molecule has 4 rings (SSSR count). The molecule has 1 amide bonds. The number of nitrogens with two attached hydrogens (primary N) is 1. The highest BCUT2D eigenvalue weighted by Gasteiger charge is 2.32. The van der Waals surface area contributed by atoms with E-state index in [1.54, 1.807) is 0 Å². The number of nitrogens with one attached hydrogen (secondary N) is 1. The van der Waals surface area contributed by atoms with Crippen molar-refractivity contribution in [3.63, 3.8) is 0 Å². The van der Waals surface area contributed by atoms with Crippen molar-refractivity contribution in [2.24, 2.45) is 5.92 Å².